The maximum absolute atomic E-state index is 8.98. The van der Waals surface area contributed by atoms with E-state index in [1.807, 2.05) is 0 Å². The molecule has 1 heterocycles. The van der Waals surface area contributed by atoms with Gasteiger partial charge in [0.1, 0.15) is 5.60 Å². The van der Waals surface area contributed by atoms with Gasteiger partial charge in [-0.15, -0.1) is 0 Å². The molecule has 4 heteroatoms. The summed E-state index contributed by atoms with van der Waals surface area (Å²) in [5, 5.41) is 8.98. The number of ether oxygens (including phenoxy) is 2. The van der Waals surface area contributed by atoms with Crippen LogP contribution in [0.1, 0.15) is 25.3 Å². The van der Waals surface area contributed by atoms with Crippen LogP contribution in [0.5, 0.6) is 11.5 Å². The van der Waals surface area contributed by atoms with Crippen LogP contribution in [0.2, 0.25) is 0 Å². The lowest BCUT2D eigenvalue weighted by atomic mass is 9.93. The standard InChI is InChI=1S/C15H20N2O2/c1-15(6-8-17(2)9-7-15)19-14-10-12(11-16)4-5-13(14)18-3/h4-5,10H,6-9H2,1-3H3. The average Bonchev–Trinajstić information content (AvgIpc) is 2.42. The van der Waals surface area contributed by atoms with Crippen LogP contribution >= 0.6 is 0 Å². The molecule has 1 aromatic carbocycles. The molecule has 0 bridgehead atoms. The van der Waals surface area contributed by atoms with Crippen molar-refractivity contribution in [3.63, 3.8) is 0 Å². The van der Waals surface area contributed by atoms with Gasteiger partial charge in [0.15, 0.2) is 11.5 Å². The Balaban J connectivity index is 2.20. The zero-order valence-corrected chi connectivity index (χ0v) is 11.8. The van der Waals surface area contributed by atoms with Crippen molar-refractivity contribution in [1.82, 2.24) is 4.90 Å². The first kappa shape index (κ1) is 13.7. The Bertz CT molecular complexity index is 485. The number of hydrogen-bond acceptors (Lipinski definition) is 4. The molecule has 4 nitrogen and oxygen atoms in total. The van der Waals surface area contributed by atoms with Gasteiger partial charge in [0, 0.05) is 19.2 Å². The fourth-order valence-electron chi connectivity index (χ4n) is 2.29. The monoisotopic (exact) mass is 260 g/mol. The maximum Gasteiger partial charge on any atom is 0.163 e. The predicted molar refractivity (Wildman–Crippen MR) is 73.5 cm³/mol. The summed E-state index contributed by atoms with van der Waals surface area (Å²) in [7, 11) is 3.74. The van der Waals surface area contributed by atoms with Gasteiger partial charge in [0.05, 0.1) is 18.7 Å². The van der Waals surface area contributed by atoms with Crippen LogP contribution in [0.25, 0.3) is 0 Å². The summed E-state index contributed by atoms with van der Waals surface area (Å²) in [6, 6.07) is 7.41. The summed E-state index contributed by atoms with van der Waals surface area (Å²) in [6.45, 7) is 4.17. The molecule has 1 aromatic rings. The van der Waals surface area contributed by atoms with Gasteiger partial charge in [0.2, 0.25) is 0 Å². The highest BCUT2D eigenvalue weighted by Crippen LogP contribution is 2.34. The zero-order valence-electron chi connectivity index (χ0n) is 11.8. The van der Waals surface area contributed by atoms with E-state index in [1.165, 1.54) is 0 Å². The van der Waals surface area contributed by atoms with Crippen LogP contribution < -0.4 is 9.47 Å². The molecule has 1 fully saturated rings. The molecular formula is C15H20N2O2. The number of piperidine rings is 1. The van der Waals surface area contributed by atoms with Crippen molar-refractivity contribution in [2.45, 2.75) is 25.4 Å². The Hall–Kier alpha value is -1.73. The lowest BCUT2D eigenvalue weighted by Gasteiger charge is -2.38. The molecule has 0 aliphatic carbocycles. The molecule has 1 aliphatic rings. The Morgan fingerprint density at radius 3 is 2.53 bits per heavy atom. The third-order valence-electron chi connectivity index (χ3n) is 3.69. The fraction of sp³-hybridized carbons (Fsp3) is 0.533. The topological polar surface area (TPSA) is 45.5 Å². The van der Waals surface area contributed by atoms with Crippen LogP contribution in [0, 0.1) is 11.3 Å². The molecule has 0 radical (unpaired) electrons. The second kappa shape index (κ2) is 5.50. The Kier molecular flexibility index (Phi) is 3.96. The van der Waals surface area contributed by atoms with Crippen molar-refractivity contribution in [1.29, 1.82) is 5.26 Å². The highest BCUT2D eigenvalue weighted by molar-refractivity contribution is 5.47. The van der Waals surface area contributed by atoms with Gasteiger partial charge in [-0.2, -0.15) is 5.26 Å². The van der Waals surface area contributed by atoms with Crippen LogP contribution in [0.3, 0.4) is 0 Å². The van der Waals surface area contributed by atoms with Gasteiger partial charge in [-0.1, -0.05) is 0 Å². The van der Waals surface area contributed by atoms with Crippen LogP contribution in [-0.4, -0.2) is 37.7 Å². The molecule has 1 saturated heterocycles. The van der Waals surface area contributed by atoms with Crippen LogP contribution in [0.4, 0.5) is 0 Å². The van der Waals surface area contributed by atoms with E-state index in [4.69, 9.17) is 14.7 Å². The first-order chi connectivity index (χ1) is 9.06. The van der Waals surface area contributed by atoms with E-state index in [2.05, 4.69) is 24.9 Å². The first-order valence-electron chi connectivity index (χ1n) is 6.52. The summed E-state index contributed by atoms with van der Waals surface area (Å²) in [6.07, 6.45) is 1.95. The van der Waals surface area contributed by atoms with Gasteiger partial charge in [-0.25, -0.2) is 0 Å². The normalized spacial score (nSPS) is 18.6. The summed E-state index contributed by atoms with van der Waals surface area (Å²) in [5.74, 6) is 1.34. The minimum Gasteiger partial charge on any atom is -0.493 e. The fourth-order valence-corrected chi connectivity index (χ4v) is 2.29. The molecule has 0 N–H and O–H groups in total. The van der Waals surface area contributed by atoms with Gasteiger partial charge >= 0.3 is 0 Å². The number of benzene rings is 1. The summed E-state index contributed by atoms with van der Waals surface area (Å²) < 4.78 is 11.5. The summed E-state index contributed by atoms with van der Waals surface area (Å²) in [5.41, 5.74) is 0.403. The minimum atomic E-state index is -0.187. The number of nitriles is 1. The highest BCUT2D eigenvalue weighted by Gasteiger charge is 2.31. The van der Waals surface area contributed by atoms with Crippen molar-refractivity contribution >= 4 is 0 Å². The van der Waals surface area contributed by atoms with Gasteiger partial charge in [-0.3, -0.25) is 0 Å². The number of methoxy groups -OCH3 is 1. The molecule has 0 atom stereocenters. The van der Waals surface area contributed by atoms with E-state index in [0.717, 1.165) is 25.9 Å². The highest BCUT2D eigenvalue weighted by atomic mass is 16.5. The molecule has 19 heavy (non-hydrogen) atoms. The molecule has 1 aliphatic heterocycles. The van der Waals surface area contributed by atoms with E-state index >= 15 is 0 Å². The Morgan fingerprint density at radius 2 is 1.95 bits per heavy atom. The predicted octanol–water partition coefficient (Wildman–Crippen LogP) is 2.43. The van der Waals surface area contributed by atoms with Crippen molar-refractivity contribution in [2.24, 2.45) is 0 Å². The minimum absolute atomic E-state index is 0.187. The second-order valence-electron chi connectivity index (χ2n) is 5.33. The second-order valence-corrected chi connectivity index (χ2v) is 5.33. The smallest absolute Gasteiger partial charge is 0.163 e. The van der Waals surface area contributed by atoms with Crippen LogP contribution in [0.15, 0.2) is 18.2 Å². The lowest BCUT2D eigenvalue weighted by Crippen LogP contribution is -2.44. The zero-order chi connectivity index (χ0) is 13.9. The van der Waals surface area contributed by atoms with E-state index in [1.54, 1.807) is 25.3 Å². The van der Waals surface area contributed by atoms with E-state index in [9.17, 15) is 0 Å². The molecule has 0 saturated carbocycles. The molecular weight excluding hydrogens is 240 g/mol. The van der Waals surface area contributed by atoms with Crippen molar-refractivity contribution in [3.05, 3.63) is 23.8 Å². The van der Waals surface area contributed by atoms with Crippen LogP contribution in [-0.2, 0) is 0 Å². The molecule has 102 valence electrons. The summed E-state index contributed by atoms with van der Waals surface area (Å²) in [4.78, 5) is 2.30. The Labute approximate surface area is 114 Å². The van der Waals surface area contributed by atoms with E-state index in [-0.39, 0.29) is 5.60 Å². The molecule has 0 aromatic heterocycles. The van der Waals surface area contributed by atoms with Crippen molar-refractivity contribution < 1.29 is 9.47 Å². The van der Waals surface area contributed by atoms with Crippen molar-refractivity contribution in [3.8, 4) is 17.6 Å². The van der Waals surface area contributed by atoms with Gasteiger partial charge in [-0.05, 0) is 38.9 Å². The van der Waals surface area contributed by atoms with Gasteiger partial charge in [0.25, 0.3) is 0 Å². The van der Waals surface area contributed by atoms with Crippen molar-refractivity contribution in [2.75, 3.05) is 27.2 Å². The quantitative estimate of drug-likeness (QED) is 0.837. The number of nitrogens with zero attached hydrogens (tertiary/aromatic N) is 2. The lowest BCUT2D eigenvalue weighted by molar-refractivity contribution is 0.0220. The number of rotatable bonds is 3. The average molecular weight is 260 g/mol. The largest absolute Gasteiger partial charge is 0.493 e. The van der Waals surface area contributed by atoms with E-state index < -0.39 is 0 Å². The third-order valence-corrected chi connectivity index (χ3v) is 3.69. The Morgan fingerprint density at radius 1 is 1.26 bits per heavy atom. The summed E-state index contributed by atoms with van der Waals surface area (Å²) >= 11 is 0. The number of hydrogen-bond donors (Lipinski definition) is 0. The first-order valence-corrected chi connectivity index (χ1v) is 6.52. The number of likely N-dealkylation sites (tertiary alicyclic amines) is 1. The molecule has 0 amide bonds. The van der Waals surface area contributed by atoms with E-state index in [0.29, 0.717) is 17.1 Å². The molecule has 0 spiro atoms. The molecule has 2 rings (SSSR count). The SMILES string of the molecule is COc1ccc(C#N)cc1OC1(C)CCN(C)CC1. The molecule has 0 unspecified atom stereocenters. The third kappa shape index (κ3) is 3.18. The van der Waals surface area contributed by atoms with Gasteiger partial charge < -0.3 is 14.4 Å². The maximum atomic E-state index is 8.98.